The molecule has 0 saturated heterocycles. The van der Waals surface area contributed by atoms with Gasteiger partial charge in [0.15, 0.2) is 0 Å². The van der Waals surface area contributed by atoms with Gasteiger partial charge in [0.25, 0.3) is 15.7 Å². The fraction of sp³-hybridized carbons (Fsp3) is 0.478. The molecule has 0 bridgehead atoms. The van der Waals surface area contributed by atoms with Crippen molar-refractivity contribution in [1.82, 2.24) is 4.90 Å². The number of anilines is 1. The van der Waals surface area contributed by atoms with Gasteiger partial charge in [0, 0.05) is 18.7 Å². The van der Waals surface area contributed by atoms with E-state index in [9.17, 15) is 23.6 Å². The molecule has 0 unspecified atom stereocenters. The summed E-state index contributed by atoms with van der Waals surface area (Å²) in [7, 11) is -4.03. The topological polar surface area (TPSA) is 104 Å². The van der Waals surface area contributed by atoms with E-state index in [1.54, 1.807) is 30.3 Å². The number of unbranched alkanes of at least 4 members (excludes halogenated alkanes) is 2. The van der Waals surface area contributed by atoms with Crippen molar-refractivity contribution in [3.8, 4) is 0 Å². The van der Waals surface area contributed by atoms with E-state index >= 15 is 0 Å². The van der Waals surface area contributed by atoms with Crippen LogP contribution in [0.1, 0.15) is 39.5 Å². The Bertz CT molecular complexity index is 928. The lowest BCUT2D eigenvalue weighted by atomic mass is 10.2. The van der Waals surface area contributed by atoms with E-state index in [1.807, 2.05) is 0 Å². The maximum Gasteiger partial charge on any atom is 0.269 e. The van der Waals surface area contributed by atoms with E-state index in [2.05, 4.69) is 18.7 Å². The van der Waals surface area contributed by atoms with Crippen LogP contribution in [-0.4, -0.2) is 55.6 Å². The van der Waals surface area contributed by atoms with Gasteiger partial charge in [-0.1, -0.05) is 44.9 Å². The van der Waals surface area contributed by atoms with E-state index < -0.39 is 21.1 Å². The number of aliphatic hydroxyl groups is 1. The molecular formula is C23H33N3O5S. The number of hydrogen-bond donors (Lipinski definition) is 1. The standard InChI is InChI=1S/C23H33N3O5S/c1-3-5-16-24(17-6-4-2)18-22(27)19-25(20-10-8-7-9-11-20)32(30,31)23-14-12-21(13-15-23)26(28)29/h7-15,22,27H,3-6,16-19H2,1-2H3/t22-/m1/s1. The SMILES string of the molecule is CCCCN(CCCC)C[C@@H](O)CN(c1ccccc1)S(=O)(=O)c1ccc([N+](=O)[O-])cc1. The minimum Gasteiger partial charge on any atom is -0.390 e. The van der Waals surface area contributed by atoms with Gasteiger partial charge in [-0.05, 0) is 50.2 Å². The van der Waals surface area contributed by atoms with Crippen molar-refractivity contribution in [3.05, 3.63) is 64.7 Å². The molecule has 0 aromatic heterocycles. The lowest BCUT2D eigenvalue weighted by Crippen LogP contribution is -2.43. The normalized spacial score (nSPS) is 12.6. The maximum absolute atomic E-state index is 13.4. The number of benzene rings is 2. The zero-order chi connectivity index (χ0) is 23.6. The molecule has 176 valence electrons. The van der Waals surface area contributed by atoms with Crippen molar-refractivity contribution >= 4 is 21.4 Å². The minimum absolute atomic E-state index is 0.0621. The highest BCUT2D eigenvalue weighted by atomic mass is 32.2. The first kappa shape index (κ1) is 25.8. The number of hydrogen-bond acceptors (Lipinski definition) is 6. The van der Waals surface area contributed by atoms with Crippen molar-refractivity contribution in [1.29, 1.82) is 0 Å². The van der Waals surface area contributed by atoms with Gasteiger partial charge in [-0.15, -0.1) is 0 Å². The van der Waals surface area contributed by atoms with Gasteiger partial charge in [0.2, 0.25) is 0 Å². The zero-order valence-corrected chi connectivity index (χ0v) is 19.6. The van der Waals surface area contributed by atoms with Crippen LogP contribution in [0.25, 0.3) is 0 Å². The summed E-state index contributed by atoms with van der Waals surface area (Å²) in [4.78, 5) is 12.5. The van der Waals surface area contributed by atoms with Crippen LogP contribution in [-0.2, 0) is 10.0 Å². The highest BCUT2D eigenvalue weighted by Gasteiger charge is 2.28. The number of nitro groups is 1. The number of sulfonamides is 1. The Balaban J connectivity index is 2.27. The van der Waals surface area contributed by atoms with Crippen molar-refractivity contribution in [2.75, 3.05) is 30.5 Å². The van der Waals surface area contributed by atoms with Gasteiger partial charge >= 0.3 is 0 Å². The molecule has 0 heterocycles. The van der Waals surface area contributed by atoms with Crippen LogP contribution in [0.5, 0.6) is 0 Å². The van der Waals surface area contributed by atoms with Crippen LogP contribution in [0, 0.1) is 10.1 Å². The summed E-state index contributed by atoms with van der Waals surface area (Å²) in [5.41, 5.74) is 0.247. The predicted octanol–water partition coefficient (Wildman–Crippen LogP) is 4.05. The smallest absolute Gasteiger partial charge is 0.269 e. The third-order valence-electron chi connectivity index (χ3n) is 5.18. The highest BCUT2D eigenvalue weighted by molar-refractivity contribution is 7.92. The van der Waals surface area contributed by atoms with Crippen molar-refractivity contribution < 1.29 is 18.4 Å². The molecule has 0 saturated carbocycles. The largest absolute Gasteiger partial charge is 0.390 e. The summed E-state index contributed by atoms with van der Waals surface area (Å²) in [5.74, 6) is 0. The Kier molecular flexibility index (Phi) is 10.1. The molecule has 2 aromatic rings. The van der Waals surface area contributed by atoms with Crippen LogP contribution in [0.2, 0.25) is 0 Å². The zero-order valence-electron chi connectivity index (χ0n) is 18.8. The first-order valence-electron chi connectivity index (χ1n) is 11.0. The van der Waals surface area contributed by atoms with E-state index in [0.29, 0.717) is 12.2 Å². The van der Waals surface area contributed by atoms with E-state index in [1.165, 1.54) is 28.6 Å². The quantitative estimate of drug-likeness (QED) is 0.335. The fourth-order valence-corrected chi connectivity index (χ4v) is 4.91. The average molecular weight is 464 g/mol. The molecule has 0 spiro atoms. The Morgan fingerprint density at radius 2 is 1.50 bits per heavy atom. The molecule has 1 N–H and O–H groups in total. The second kappa shape index (κ2) is 12.5. The second-order valence-corrected chi connectivity index (χ2v) is 9.65. The van der Waals surface area contributed by atoms with Gasteiger partial charge in [-0.2, -0.15) is 0 Å². The summed E-state index contributed by atoms with van der Waals surface area (Å²) < 4.78 is 28.0. The van der Waals surface area contributed by atoms with Crippen molar-refractivity contribution in [2.45, 2.75) is 50.5 Å². The van der Waals surface area contributed by atoms with Gasteiger partial charge in [-0.25, -0.2) is 8.42 Å². The van der Waals surface area contributed by atoms with Gasteiger partial charge in [0.1, 0.15) is 0 Å². The summed E-state index contributed by atoms with van der Waals surface area (Å²) in [6, 6.07) is 13.4. The Labute approximate surface area is 190 Å². The van der Waals surface area contributed by atoms with Gasteiger partial charge < -0.3 is 10.0 Å². The van der Waals surface area contributed by atoms with Gasteiger partial charge in [-0.3, -0.25) is 14.4 Å². The number of nitrogens with zero attached hydrogens (tertiary/aromatic N) is 3. The molecule has 32 heavy (non-hydrogen) atoms. The summed E-state index contributed by atoms with van der Waals surface area (Å²) >= 11 is 0. The monoisotopic (exact) mass is 463 g/mol. The van der Waals surface area contributed by atoms with Crippen LogP contribution in [0.3, 0.4) is 0 Å². The lowest BCUT2D eigenvalue weighted by molar-refractivity contribution is -0.384. The molecule has 2 rings (SSSR count). The molecule has 0 aliphatic heterocycles. The molecule has 9 heteroatoms. The molecule has 0 amide bonds. The molecular weight excluding hydrogens is 430 g/mol. The Morgan fingerprint density at radius 1 is 0.938 bits per heavy atom. The number of rotatable bonds is 14. The Hall–Kier alpha value is -2.49. The van der Waals surface area contributed by atoms with Crippen molar-refractivity contribution in [2.24, 2.45) is 0 Å². The van der Waals surface area contributed by atoms with E-state index in [4.69, 9.17) is 0 Å². The summed E-state index contributed by atoms with van der Waals surface area (Å²) in [5, 5.41) is 21.8. The molecule has 1 atom stereocenters. The second-order valence-electron chi connectivity index (χ2n) is 7.78. The molecule has 0 fully saturated rings. The summed E-state index contributed by atoms with van der Waals surface area (Å²) in [6.07, 6.45) is 3.23. The molecule has 0 aliphatic rings. The van der Waals surface area contributed by atoms with Crippen molar-refractivity contribution in [3.63, 3.8) is 0 Å². The minimum atomic E-state index is -4.03. The van der Waals surface area contributed by atoms with Crippen LogP contribution in [0.4, 0.5) is 11.4 Å². The first-order valence-corrected chi connectivity index (χ1v) is 12.5. The number of non-ortho nitro benzene ring substituents is 1. The predicted molar refractivity (Wildman–Crippen MR) is 126 cm³/mol. The first-order chi connectivity index (χ1) is 15.3. The average Bonchev–Trinajstić information content (AvgIpc) is 2.79. The van der Waals surface area contributed by atoms with Gasteiger partial charge in [0.05, 0.1) is 28.2 Å². The Morgan fingerprint density at radius 3 is 2.00 bits per heavy atom. The third-order valence-corrected chi connectivity index (χ3v) is 6.99. The lowest BCUT2D eigenvalue weighted by Gasteiger charge is -2.30. The van der Waals surface area contributed by atoms with E-state index in [-0.39, 0.29) is 17.1 Å². The molecule has 0 aliphatic carbocycles. The summed E-state index contributed by atoms with van der Waals surface area (Å²) in [6.45, 7) is 6.20. The highest BCUT2D eigenvalue weighted by Crippen LogP contribution is 2.25. The molecule has 2 aromatic carbocycles. The number of nitro benzene ring substituents is 1. The van der Waals surface area contributed by atoms with Crippen LogP contribution < -0.4 is 4.31 Å². The molecule has 8 nitrogen and oxygen atoms in total. The molecule has 0 radical (unpaired) electrons. The third kappa shape index (κ3) is 7.29. The van der Waals surface area contributed by atoms with Crippen LogP contribution in [0.15, 0.2) is 59.5 Å². The van der Waals surface area contributed by atoms with E-state index in [0.717, 1.165) is 38.8 Å². The number of aliphatic hydroxyl groups excluding tert-OH is 1. The number of para-hydroxylation sites is 1. The fourth-order valence-electron chi connectivity index (χ4n) is 3.41. The van der Waals surface area contributed by atoms with Crippen LogP contribution >= 0.6 is 0 Å². The maximum atomic E-state index is 13.4.